The van der Waals surface area contributed by atoms with Crippen LogP contribution < -0.4 is 10.1 Å². The van der Waals surface area contributed by atoms with Gasteiger partial charge in [0.15, 0.2) is 6.10 Å². The van der Waals surface area contributed by atoms with Gasteiger partial charge in [-0.1, -0.05) is 25.1 Å². The van der Waals surface area contributed by atoms with Gasteiger partial charge in [-0.2, -0.15) is 0 Å². The summed E-state index contributed by atoms with van der Waals surface area (Å²) in [6, 6.07) is 12.9. The number of anilines is 1. The van der Waals surface area contributed by atoms with Gasteiger partial charge in [-0.3, -0.25) is 4.79 Å². The summed E-state index contributed by atoms with van der Waals surface area (Å²) in [5, 5.41) is 2.79. The molecule has 3 rings (SSSR count). The van der Waals surface area contributed by atoms with E-state index in [9.17, 15) is 9.59 Å². The first-order valence-corrected chi connectivity index (χ1v) is 9.39. The second kappa shape index (κ2) is 8.71. The van der Waals surface area contributed by atoms with Gasteiger partial charge in [0.05, 0.1) is 18.4 Å². The zero-order valence-electron chi connectivity index (χ0n) is 15.8. The number of rotatable bonds is 6. The maximum Gasteiger partial charge on any atom is 0.339 e. The number of nitrogens with one attached hydrogen (secondary N) is 1. The molecular formula is C22H25NO4. The summed E-state index contributed by atoms with van der Waals surface area (Å²) in [4.78, 5) is 24.6. The summed E-state index contributed by atoms with van der Waals surface area (Å²) >= 11 is 0. The summed E-state index contributed by atoms with van der Waals surface area (Å²) in [7, 11) is 1.31. The van der Waals surface area contributed by atoms with Gasteiger partial charge >= 0.3 is 5.97 Å². The first kappa shape index (κ1) is 19.0. The number of carbonyl (C=O) groups excluding carboxylic acids is 2. The van der Waals surface area contributed by atoms with Crippen molar-refractivity contribution in [3.05, 3.63) is 59.2 Å². The minimum Gasteiger partial charge on any atom is -0.481 e. The van der Waals surface area contributed by atoms with Crippen LogP contribution in [0.2, 0.25) is 0 Å². The maximum atomic E-state index is 12.7. The fourth-order valence-electron chi connectivity index (χ4n) is 3.36. The normalized spacial score (nSPS) is 14.0. The van der Waals surface area contributed by atoms with E-state index in [4.69, 9.17) is 9.47 Å². The Morgan fingerprint density at radius 1 is 1.07 bits per heavy atom. The molecule has 0 heterocycles. The third kappa shape index (κ3) is 4.48. The van der Waals surface area contributed by atoms with E-state index in [1.54, 1.807) is 24.3 Å². The molecule has 0 unspecified atom stereocenters. The predicted octanol–water partition coefficient (Wildman–Crippen LogP) is 4.15. The summed E-state index contributed by atoms with van der Waals surface area (Å²) in [5.41, 5.74) is 3.42. The van der Waals surface area contributed by atoms with Crippen molar-refractivity contribution < 1.29 is 19.1 Å². The van der Waals surface area contributed by atoms with Crippen LogP contribution in [0.5, 0.6) is 5.75 Å². The highest BCUT2D eigenvalue weighted by atomic mass is 16.5. The molecule has 0 bridgehead atoms. The average Bonchev–Trinajstić information content (AvgIpc) is 2.71. The Balaban J connectivity index is 1.73. The van der Waals surface area contributed by atoms with Gasteiger partial charge in [0.1, 0.15) is 5.75 Å². The molecule has 1 amide bonds. The van der Waals surface area contributed by atoms with Gasteiger partial charge in [0.25, 0.3) is 5.91 Å². The molecule has 0 saturated heterocycles. The van der Waals surface area contributed by atoms with Gasteiger partial charge in [-0.25, -0.2) is 4.79 Å². The van der Waals surface area contributed by atoms with Crippen LogP contribution in [0.25, 0.3) is 0 Å². The molecule has 5 nitrogen and oxygen atoms in total. The van der Waals surface area contributed by atoms with Crippen LogP contribution in [-0.4, -0.2) is 25.1 Å². The average molecular weight is 367 g/mol. The Labute approximate surface area is 159 Å². The summed E-state index contributed by atoms with van der Waals surface area (Å²) in [6.07, 6.45) is 4.46. The molecule has 1 aliphatic rings. The second-order valence-corrected chi connectivity index (χ2v) is 6.68. The zero-order chi connectivity index (χ0) is 19.2. The Hall–Kier alpha value is -2.82. The molecule has 0 aromatic heterocycles. The van der Waals surface area contributed by atoms with Crippen molar-refractivity contribution in [3.63, 3.8) is 0 Å². The van der Waals surface area contributed by atoms with Crippen molar-refractivity contribution in [2.75, 3.05) is 12.4 Å². The Bertz CT molecular complexity index is 831. The number of hydrogen-bond acceptors (Lipinski definition) is 4. The molecule has 0 radical (unpaired) electrons. The van der Waals surface area contributed by atoms with Crippen LogP contribution in [0.4, 0.5) is 5.69 Å². The SMILES string of the molecule is CC[C@H](Oc1ccc2c(c1)CCCC2)C(=O)Nc1ccccc1C(=O)OC. The Kier molecular flexibility index (Phi) is 6.12. The minimum absolute atomic E-state index is 0.286. The van der Waals surface area contributed by atoms with E-state index >= 15 is 0 Å². The Morgan fingerprint density at radius 2 is 1.81 bits per heavy atom. The monoisotopic (exact) mass is 367 g/mol. The van der Waals surface area contributed by atoms with Crippen LogP contribution in [0.1, 0.15) is 47.7 Å². The lowest BCUT2D eigenvalue weighted by Gasteiger charge is -2.21. The van der Waals surface area contributed by atoms with Gasteiger partial charge in [0.2, 0.25) is 0 Å². The van der Waals surface area contributed by atoms with Crippen molar-refractivity contribution in [3.8, 4) is 5.75 Å². The third-order valence-electron chi connectivity index (χ3n) is 4.85. The molecule has 1 atom stereocenters. The van der Waals surface area contributed by atoms with Crippen LogP contribution in [0.3, 0.4) is 0 Å². The largest absolute Gasteiger partial charge is 0.481 e. The first-order chi connectivity index (χ1) is 13.1. The van der Waals surface area contributed by atoms with E-state index in [0.717, 1.165) is 12.8 Å². The van der Waals surface area contributed by atoms with E-state index in [1.165, 1.54) is 31.1 Å². The van der Waals surface area contributed by atoms with Gasteiger partial charge in [-0.05, 0) is 67.5 Å². The van der Waals surface area contributed by atoms with Gasteiger partial charge in [0, 0.05) is 0 Å². The number of esters is 1. The number of hydrogen-bond donors (Lipinski definition) is 1. The highest BCUT2D eigenvalue weighted by Crippen LogP contribution is 2.26. The molecule has 0 aliphatic heterocycles. The summed E-state index contributed by atoms with van der Waals surface area (Å²) in [6.45, 7) is 1.90. The fraction of sp³-hybridized carbons (Fsp3) is 0.364. The standard InChI is InChI=1S/C22H25NO4/c1-3-20(27-17-13-12-15-8-4-5-9-16(15)14-17)21(24)23-19-11-7-6-10-18(19)22(25)26-2/h6-7,10-14,20H,3-5,8-9H2,1-2H3,(H,23,24)/t20-/m0/s1. The topological polar surface area (TPSA) is 64.6 Å². The van der Waals surface area contributed by atoms with E-state index in [2.05, 4.69) is 11.4 Å². The third-order valence-corrected chi connectivity index (χ3v) is 4.85. The highest BCUT2D eigenvalue weighted by Gasteiger charge is 2.22. The van der Waals surface area contributed by atoms with Gasteiger partial charge in [-0.15, -0.1) is 0 Å². The fourth-order valence-corrected chi connectivity index (χ4v) is 3.36. The zero-order valence-corrected chi connectivity index (χ0v) is 15.8. The van der Waals surface area contributed by atoms with Crippen molar-refractivity contribution in [1.29, 1.82) is 0 Å². The van der Waals surface area contributed by atoms with Crippen molar-refractivity contribution in [1.82, 2.24) is 0 Å². The molecule has 0 fully saturated rings. The van der Waals surface area contributed by atoms with Crippen LogP contribution >= 0.6 is 0 Å². The lowest BCUT2D eigenvalue weighted by molar-refractivity contribution is -0.122. The van der Waals surface area contributed by atoms with Crippen molar-refractivity contribution >= 4 is 17.6 Å². The molecule has 0 saturated carbocycles. The predicted molar refractivity (Wildman–Crippen MR) is 104 cm³/mol. The molecule has 5 heteroatoms. The summed E-state index contributed by atoms with van der Waals surface area (Å²) < 4.78 is 10.7. The number of carbonyl (C=O) groups is 2. The molecular weight excluding hydrogens is 342 g/mol. The minimum atomic E-state index is -0.641. The number of benzene rings is 2. The molecule has 0 spiro atoms. The van der Waals surface area contributed by atoms with Crippen molar-refractivity contribution in [2.24, 2.45) is 0 Å². The number of fused-ring (bicyclic) bond motifs is 1. The highest BCUT2D eigenvalue weighted by molar-refractivity contribution is 6.02. The van der Waals surface area contributed by atoms with Crippen molar-refractivity contribution in [2.45, 2.75) is 45.1 Å². The Morgan fingerprint density at radius 3 is 2.56 bits per heavy atom. The lowest BCUT2D eigenvalue weighted by Crippen LogP contribution is -2.33. The number of aryl methyl sites for hydroxylation is 2. The van der Waals surface area contributed by atoms with E-state index in [1.807, 2.05) is 19.1 Å². The maximum absolute atomic E-state index is 12.7. The van der Waals surface area contributed by atoms with Crippen LogP contribution in [0.15, 0.2) is 42.5 Å². The molecule has 2 aromatic carbocycles. The van der Waals surface area contributed by atoms with Gasteiger partial charge < -0.3 is 14.8 Å². The molecule has 142 valence electrons. The molecule has 1 aliphatic carbocycles. The van der Waals surface area contributed by atoms with E-state index < -0.39 is 12.1 Å². The van der Waals surface area contributed by atoms with E-state index in [0.29, 0.717) is 23.4 Å². The first-order valence-electron chi connectivity index (χ1n) is 9.39. The lowest BCUT2D eigenvalue weighted by atomic mass is 9.92. The van der Waals surface area contributed by atoms with E-state index in [-0.39, 0.29) is 5.91 Å². The number of para-hydroxylation sites is 1. The number of ether oxygens (including phenoxy) is 2. The number of methoxy groups -OCH3 is 1. The van der Waals surface area contributed by atoms with Crippen LogP contribution in [0, 0.1) is 0 Å². The number of amides is 1. The smallest absolute Gasteiger partial charge is 0.339 e. The quantitative estimate of drug-likeness (QED) is 0.779. The van der Waals surface area contributed by atoms with Crippen LogP contribution in [-0.2, 0) is 22.4 Å². The molecule has 27 heavy (non-hydrogen) atoms. The molecule has 2 aromatic rings. The summed E-state index contributed by atoms with van der Waals surface area (Å²) in [5.74, 6) is -0.0694. The molecule has 1 N–H and O–H groups in total. The second-order valence-electron chi connectivity index (χ2n) is 6.68.